The average molecular weight is 315 g/mol. The van der Waals surface area contributed by atoms with Gasteiger partial charge in [0.15, 0.2) is 5.69 Å². The average Bonchev–Trinajstić information content (AvgIpc) is 3.02. The number of rotatable bonds is 5. The van der Waals surface area contributed by atoms with Gasteiger partial charge < -0.3 is 20.2 Å². The number of nitrogens with one attached hydrogen (secondary N) is 1. The number of aromatic nitrogens is 1. The number of ether oxygens (including phenoxy) is 1. The Kier molecular flexibility index (Phi) is 4.27. The van der Waals surface area contributed by atoms with Crippen LogP contribution in [0.3, 0.4) is 0 Å². The van der Waals surface area contributed by atoms with Gasteiger partial charge >= 0.3 is 0 Å². The molecule has 7 nitrogen and oxygen atoms in total. The highest BCUT2D eigenvalue weighted by molar-refractivity contribution is 5.90. The number of aryl methyl sites for hydroxylation is 1. The van der Waals surface area contributed by atoms with Crippen molar-refractivity contribution in [1.29, 1.82) is 0 Å². The lowest BCUT2D eigenvalue weighted by molar-refractivity contribution is -0.120. The summed E-state index contributed by atoms with van der Waals surface area (Å²) < 4.78 is 10.6. The van der Waals surface area contributed by atoms with E-state index in [0.29, 0.717) is 0 Å². The van der Waals surface area contributed by atoms with E-state index in [1.807, 2.05) is 18.2 Å². The molecule has 0 saturated carbocycles. The molecule has 0 fully saturated rings. The summed E-state index contributed by atoms with van der Waals surface area (Å²) in [5.74, 6) is 0.327. The number of oxazole rings is 1. The smallest absolute Gasteiger partial charge is 0.270 e. The summed E-state index contributed by atoms with van der Waals surface area (Å²) in [5, 5.41) is 2.70. The second kappa shape index (κ2) is 6.51. The third kappa shape index (κ3) is 3.68. The van der Waals surface area contributed by atoms with Crippen molar-refractivity contribution in [2.45, 2.75) is 25.8 Å². The van der Waals surface area contributed by atoms with Crippen molar-refractivity contribution in [3.63, 3.8) is 0 Å². The molecule has 1 aromatic heterocycles. The SMILES string of the molecule is NC(=O)c1coc(CNC(=O)Cc2ccc3c(c2)CCCO3)n1. The lowest BCUT2D eigenvalue weighted by atomic mass is 10.0. The summed E-state index contributed by atoms with van der Waals surface area (Å²) in [6, 6.07) is 5.80. The molecule has 0 radical (unpaired) electrons. The van der Waals surface area contributed by atoms with Crippen LogP contribution in [0.25, 0.3) is 0 Å². The second-order valence-electron chi connectivity index (χ2n) is 5.34. The lowest BCUT2D eigenvalue weighted by Crippen LogP contribution is -2.25. The Balaban J connectivity index is 1.55. The maximum atomic E-state index is 12.0. The van der Waals surface area contributed by atoms with Crippen molar-refractivity contribution in [1.82, 2.24) is 10.3 Å². The summed E-state index contributed by atoms with van der Waals surface area (Å²) in [6.07, 6.45) is 3.40. The second-order valence-corrected chi connectivity index (χ2v) is 5.34. The van der Waals surface area contributed by atoms with Crippen LogP contribution in [0.4, 0.5) is 0 Å². The van der Waals surface area contributed by atoms with Gasteiger partial charge in [0.2, 0.25) is 11.8 Å². The van der Waals surface area contributed by atoms with Gasteiger partial charge in [0.05, 0.1) is 19.6 Å². The molecule has 0 bridgehead atoms. The van der Waals surface area contributed by atoms with E-state index in [0.717, 1.165) is 36.3 Å². The van der Waals surface area contributed by atoms with Crippen molar-refractivity contribution < 1.29 is 18.7 Å². The van der Waals surface area contributed by atoms with E-state index in [1.165, 1.54) is 6.26 Å². The zero-order valence-corrected chi connectivity index (χ0v) is 12.5. The summed E-state index contributed by atoms with van der Waals surface area (Å²) in [5.41, 5.74) is 7.19. The van der Waals surface area contributed by atoms with Gasteiger partial charge in [-0.25, -0.2) is 4.98 Å². The zero-order chi connectivity index (χ0) is 16.2. The van der Waals surface area contributed by atoms with Crippen LogP contribution >= 0.6 is 0 Å². The van der Waals surface area contributed by atoms with Gasteiger partial charge in [-0.05, 0) is 30.0 Å². The minimum Gasteiger partial charge on any atom is -0.493 e. The molecule has 1 aliphatic rings. The minimum atomic E-state index is -0.664. The number of hydrogen-bond acceptors (Lipinski definition) is 5. The number of nitrogens with two attached hydrogens (primary N) is 1. The predicted octanol–water partition coefficient (Wildman–Crippen LogP) is 0.957. The lowest BCUT2D eigenvalue weighted by Gasteiger charge is -2.17. The van der Waals surface area contributed by atoms with Crippen LogP contribution in [0.2, 0.25) is 0 Å². The Bertz CT molecular complexity index is 739. The van der Waals surface area contributed by atoms with Crippen molar-refractivity contribution >= 4 is 11.8 Å². The largest absolute Gasteiger partial charge is 0.493 e. The minimum absolute atomic E-state index is 0.0453. The van der Waals surface area contributed by atoms with Gasteiger partial charge in [-0.2, -0.15) is 0 Å². The quantitative estimate of drug-likeness (QED) is 0.854. The van der Waals surface area contributed by atoms with Crippen LogP contribution in [0.15, 0.2) is 28.9 Å². The highest BCUT2D eigenvalue weighted by Gasteiger charge is 2.13. The van der Waals surface area contributed by atoms with Crippen molar-refractivity contribution in [2.75, 3.05) is 6.61 Å². The van der Waals surface area contributed by atoms with E-state index in [9.17, 15) is 9.59 Å². The van der Waals surface area contributed by atoms with E-state index in [2.05, 4.69) is 10.3 Å². The first-order valence-corrected chi connectivity index (χ1v) is 7.37. The van der Waals surface area contributed by atoms with Gasteiger partial charge in [-0.3, -0.25) is 9.59 Å². The molecule has 120 valence electrons. The Labute approximate surface area is 132 Å². The molecule has 2 aromatic rings. The molecule has 0 atom stereocenters. The van der Waals surface area contributed by atoms with Gasteiger partial charge in [0.25, 0.3) is 5.91 Å². The fraction of sp³-hybridized carbons (Fsp3) is 0.312. The number of nitrogens with zero attached hydrogens (tertiary/aromatic N) is 1. The number of fused-ring (bicyclic) bond motifs is 1. The fourth-order valence-corrected chi connectivity index (χ4v) is 2.45. The Morgan fingerprint density at radius 2 is 2.22 bits per heavy atom. The highest BCUT2D eigenvalue weighted by Crippen LogP contribution is 2.25. The normalized spacial score (nSPS) is 13.0. The summed E-state index contributed by atoms with van der Waals surface area (Å²) in [7, 11) is 0. The van der Waals surface area contributed by atoms with Crippen molar-refractivity contribution in [3.05, 3.63) is 47.2 Å². The monoisotopic (exact) mass is 315 g/mol. The van der Waals surface area contributed by atoms with Crippen LogP contribution < -0.4 is 15.8 Å². The van der Waals surface area contributed by atoms with Crippen molar-refractivity contribution in [3.8, 4) is 5.75 Å². The topological polar surface area (TPSA) is 107 Å². The Morgan fingerprint density at radius 1 is 1.35 bits per heavy atom. The summed E-state index contributed by atoms with van der Waals surface area (Å²) in [4.78, 5) is 26.8. The van der Waals surface area contributed by atoms with E-state index in [-0.39, 0.29) is 30.5 Å². The van der Waals surface area contributed by atoms with E-state index in [4.69, 9.17) is 14.9 Å². The van der Waals surface area contributed by atoms with Gasteiger partial charge in [-0.1, -0.05) is 12.1 Å². The van der Waals surface area contributed by atoms with Crippen molar-refractivity contribution in [2.24, 2.45) is 5.73 Å². The standard InChI is InChI=1S/C16H17N3O4/c17-16(21)12-9-23-15(19-12)8-18-14(20)7-10-3-4-13-11(6-10)2-1-5-22-13/h3-4,6,9H,1-2,5,7-8H2,(H2,17,21)(H,18,20). The molecule has 0 spiro atoms. The highest BCUT2D eigenvalue weighted by atomic mass is 16.5. The summed E-state index contributed by atoms with van der Waals surface area (Å²) >= 11 is 0. The van der Waals surface area contributed by atoms with Crippen LogP contribution in [-0.4, -0.2) is 23.4 Å². The van der Waals surface area contributed by atoms with Gasteiger partial charge in [-0.15, -0.1) is 0 Å². The molecular formula is C16H17N3O4. The maximum Gasteiger partial charge on any atom is 0.270 e. The molecule has 3 rings (SSSR count). The molecule has 2 heterocycles. The number of hydrogen-bond donors (Lipinski definition) is 2. The molecule has 2 amide bonds. The van der Waals surface area contributed by atoms with Crippen LogP contribution in [0.5, 0.6) is 5.75 Å². The predicted molar refractivity (Wildman–Crippen MR) is 80.8 cm³/mol. The Morgan fingerprint density at radius 3 is 3.00 bits per heavy atom. The molecular weight excluding hydrogens is 298 g/mol. The molecule has 0 aliphatic carbocycles. The first-order valence-electron chi connectivity index (χ1n) is 7.37. The molecule has 7 heteroatoms. The number of benzene rings is 1. The third-order valence-corrected chi connectivity index (χ3v) is 3.58. The molecule has 1 aromatic carbocycles. The van der Waals surface area contributed by atoms with Crippen LogP contribution in [-0.2, 0) is 24.2 Å². The number of primary amides is 1. The maximum absolute atomic E-state index is 12.0. The van der Waals surface area contributed by atoms with E-state index >= 15 is 0 Å². The number of amides is 2. The Hall–Kier alpha value is -2.83. The summed E-state index contributed by atoms with van der Waals surface area (Å²) in [6.45, 7) is 0.858. The zero-order valence-electron chi connectivity index (χ0n) is 12.5. The van der Waals surface area contributed by atoms with Gasteiger partial charge in [0.1, 0.15) is 12.0 Å². The van der Waals surface area contributed by atoms with Gasteiger partial charge in [0, 0.05) is 0 Å². The van der Waals surface area contributed by atoms with Crippen LogP contribution in [0, 0.1) is 0 Å². The van der Waals surface area contributed by atoms with Crippen LogP contribution in [0.1, 0.15) is 33.9 Å². The molecule has 3 N–H and O–H groups in total. The molecule has 23 heavy (non-hydrogen) atoms. The molecule has 0 saturated heterocycles. The third-order valence-electron chi connectivity index (χ3n) is 3.58. The first-order chi connectivity index (χ1) is 11.1. The first kappa shape index (κ1) is 15.1. The number of carbonyl (C=O) groups excluding carboxylic acids is 2. The molecule has 0 unspecified atom stereocenters. The number of carbonyl (C=O) groups is 2. The molecule has 1 aliphatic heterocycles. The van der Waals surface area contributed by atoms with E-state index < -0.39 is 5.91 Å². The van der Waals surface area contributed by atoms with E-state index in [1.54, 1.807) is 0 Å². The fourth-order valence-electron chi connectivity index (χ4n) is 2.45.